The average molecular weight is 288 g/mol. The summed E-state index contributed by atoms with van der Waals surface area (Å²) >= 11 is 0. The van der Waals surface area contributed by atoms with Crippen molar-refractivity contribution in [3.63, 3.8) is 0 Å². The molecule has 1 N–H and O–H groups in total. The topological polar surface area (TPSA) is 41.6 Å². The van der Waals surface area contributed by atoms with E-state index in [1.165, 1.54) is 0 Å². The summed E-state index contributed by atoms with van der Waals surface area (Å²) in [4.78, 5) is 13.8. The van der Waals surface area contributed by atoms with Gasteiger partial charge < -0.3 is 15.0 Å². The van der Waals surface area contributed by atoms with Gasteiger partial charge in [0.15, 0.2) is 17.5 Å². The second-order valence-corrected chi connectivity index (χ2v) is 4.72. The summed E-state index contributed by atoms with van der Waals surface area (Å²) in [6, 6.07) is 1.34. The molecule has 1 aliphatic rings. The molecule has 2 rings (SSSR count). The highest BCUT2D eigenvalue weighted by Gasteiger charge is 2.20. The zero-order valence-corrected chi connectivity index (χ0v) is 11.0. The Hall–Kier alpha value is -1.60. The van der Waals surface area contributed by atoms with Crippen LogP contribution in [0.25, 0.3) is 0 Å². The van der Waals surface area contributed by atoms with E-state index in [0.717, 1.165) is 6.54 Å². The number of rotatable bonds is 3. The summed E-state index contributed by atoms with van der Waals surface area (Å²) < 4.78 is 44.3. The van der Waals surface area contributed by atoms with Crippen molar-refractivity contribution in [1.82, 2.24) is 10.2 Å². The number of likely N-dealkylation sites (N-methyl/N-ethyl adjacent to an activating group) is 1. The van der Waals surface area contributed by atoms with E-state index < -0.39 is 23.4 Å². The number of hydrogen-bond acceptors (Lipinski definition) is 3. The highest BCUT2D eigenvalue weighted by Crippen LogP contribution is 2.13. The molecule has 20 heavy (non-hydrogen) atoms. The molecule has 4 nitrogen and oxygen atoms in total. The van der Waals surface area contributed by atoms with Gasteiger partial charge in [-0.1, -0.05) is 0 Å². The Bertz CT molecular complexity index is 487. The number of ether oxygens (including phenoxy) is 1. The van der Waals surface area contributed by atoms with Crippen molar-refractivity contribution in [2.45, 2.75) is 6.10 Å². The molecule has 0 aromatic heterocycles. The van der Waals surface area contributed by atoms with E-state index >= 15 is 0 Å². The first-order valence-corrected chi connectivity index (χ1v) is 6.20. The summed E-state index contributed by atoms with van der Waals surface area (Å²) in [7, 11) is 1.93. The molecule has 7 heteroatoms. The molecule has 0 radical (unpaired) electrons. The maximum atomic E-state index is 13.0. The molecule has 1 atom stereocenters. The Morgan fingerprint density at radius 3 is 2.65 bits per heavy atom. The van der Waals surface area contributed by atoms with E-state index in [-0.39, 0.29) is 18.2 Å². The molecule has 1 aromatic rings. The molecular weight excluding hydrogens is 273 g/mol. The molecule has 0 spiro atoms. The standard InChI is InChI=1S/C13H15F3N2O2/c1-18-2-3-20-9(7-18)6-17-13(19)8-4-10(14)12(16)11(15)5-8/h4-5,9H,2-3,6-7H2,1H3,(H,17,19). The van der Waals surface area contributed by atoms with E-state index in [9.17, 15) is 18.0 Å². The second-order valence-electron chi connectivity index (χ2n) is 4.72. The van der Waals surface area contributed by atoms with Crippen LogP contribution in [0.15, 0.2) is 12.1 Å². The number of carbonyl (C=O) groups excluding carboxylic acids is 1. The summed E-state index contributed by atoms with van der Waals surface area (Å²) in [6.45, 7) is 2.27. The highest BCUT2D eigenvalue weighted by atomic mass is 19.2. The summed E-state index contributed by atoms with van der Waals surface area (Å²) in [6.07, 6.45) is -0.173. The van der Waals surface area contributed by atoms with Crippen molar-refractivity contribution in [1.29, 1.82) is 0 Å². The summed E-state index contributed by atoms with van der Waals surface area (Å²) in [5, 5.41) is 2.52. The highest BCUT2D eigenvalue weighted by molar-refractivity contribution is 5.94. The van der Waals surface area contributed by atoms with Crippen LogP contribution in [-0.4, -0.2) is 50.2 Å². The minimum absolute atomic E-state index is 0.173. The number of morpholine rings is 1. The number of nitrogens with one attached hydrogen (secondary N) is 1. The molecule has 1 fully saturated rings. The Kier molecular flexibility index (Phi) is 4.61. The largest absolute Gasteiger partial charge is 0.374 e. The number of benzene rings is 1. The number of carbonyl (C=O) groups is 1. The van der Waals surface area contributed by atoms with Crippen LogP contribution in [0.5, 0.6) is 0 Å². The van der Waals surface area contributed by atoms with E-state index in [4.69, 9.17) is 4.74 Å². The van der Waals surface area contributed by atoms with Gasteiger partial charge in [0.1, 0.15) is 0 Å². The third-order valence-corrected chi connectivity index (χ3v) is 3.08. The Labute approximate surface area is 114 Å². The van der Waals surface area contributed by atoms with Gasteiger partial charge in [-0.25, -0.2) is 13.2 Å². The maximum Gasteiger partial charge on any atom is 0.251 e. The molecule has 0 bridgehead atoms. The molecule has 1 amide bonds. The molecule has 0 saturated carbocycles. The quantitative estimate of drug-likeness (QED) is 0.849. The lowest BCUT2D eigenvalue weighted by molar-refractivity contribution is -0.0175. The fourth-order valence-electron chi connectivity index (χ4n) is 1.99. The van der Waals surface area contributed by atoms with Crippen LogP contribution in [0.2, 0.25) is 0 Å². The third kappa shape index (κ3) is 3.49. The SMILES string of the molecule is CN1CCOC(CNC(=O)c2cc(F)c(F)c(F)c2)C1. The van der Waals surface area contributed by atoms with Gasteiger partial charge in [0.05, 0.1) is 12.7 Å². The predicted molar refractivity (Wildman–Crippen MR) is 65.9 cm³/mol. The van der Waals surface area contributed by atoms with Crippen LogP contribution in [0, 0.1) is 17.5 Å². The zero-order chi connectivity index (χ0) is 14.7. The van der Waals surface area contributed by atoms with E-state index in [2.05, 4.69) is 10.2 Å². The van der Waals surface area contributed by atoms with E-state index in [0.29, 0.717) is 25.3 Å². The molecular formula is C13H15F3N2O2. The average Bonchev–Trinajstić information content (AvgIpc) is 2.41. The second kappa shape index (κ2) is 6.23. The van der Waals surface area contributed by atoms with Crippen molar-refractivity contribution in [3.05, 3.63) is 35.1 Å². The molecule has 1 aliphatic heterocycles. The van der Waals surface area contributed by atoms with E-state index in [1.54, 1.807) is 0 Å². The van der Waals surface area contributed by atoms with Crippen LogP contribution in [0.4, 0.5) is 13.2 Å². The molecule has 0 aliphatic carbocycles. The third-order valence-electron chi connectivity index (χ3n) is 3.08. The molecule has 1 heterocycles. The van der Waals surface area contributed by atoms with Crippen molar-refractivity contribution < 1.29 is 22.7 Å². The van der Waals surface area contributed by atoms with Gasteiger partial charge in [0.25, 0.3) is 5.91 Å². The minimum atomic E-state index is -1.58. The van der Waals surface area contributed by atoms with Crippen molar-refractivity contribution in [3.8, 4) is 0 Å². The van der Waals surface area contributed by atoms with Gasteiger partial charge in [-0.3, -0.25) is 4.79 Å². The van der Waals surface area contributed by atoms with Gasteiger partial charge in [0.2, 0.25) is 0 Å². The van der Waals surface area contributed by atoms with Crippen LogP contribution in [0.3, 0.4) is 0 Å². The van der Waals surface area contributed by atoms with Gasteiger partial charge in [-0.05, 0) is 19.2 Å². The Morgan fingerprint density at radius 1 is 1.40 bits per heavy atom. The van der Waals surface area contributed by atoms with Gasteiger partial charge >= 0.3 is 0 Å². The summed E-state index contributed by atoms with van der Waals surface area (Å²) in [5.74, 6) is -5.02. The smallest absolute Gasteiger partial charge is 0.251 e. The number of nitrogens with zero attached hydrogens (tertiary/aromatic N) is 1. The Balaban J connectivity index is 1.95. The lowest BCUT2D eigenvalue weighted by Crippen LogP contribution is -2.45. The normalized spacial score (nSPS) is 19.9. The first kappa shape index (κ1) is 14.8. The Morgan fingerprint density at radius 2 is 2.05 bits per heavy atom. The first-order valence-electron chi connectivity index (χ1n) is 6.20. The lowest BCUT2D eigenvalue weighted by atomic mass is 10.2. The van der Waals surface area contributed by atoms with Crippen LogP contribution in [-0.2, 0) is 4.74 Å². The van der Waals surface area contributed by atoms with Crippen LogP contribution in [0.1, 0.15) is 10.4 Å². The number of halogens is 3. The van der Waals surface area contributed by atoms with Gasteiger partial charge in [-0.2, -0.15) is 0 Å². The van der Waals surface area contributed by atoms with Crippen LogP contribution >= 0.6 is 0 Å². The number of hydrogen-bond donors (Lipinski definition) is 1. The maximum absolute atomic E-state index is 13.0. The van der Waals surface area contributed by atoms with Crippen molar-refractivity contribution >= 4 is 5.91 Å². The minimum Gasteiger partial charge on any atom is -0.374 e. The van der Waals surface area contributed by atoms with Gasteiger partial charge in [-0.15, -0.1) is 0 Å². The lowest BCUT2D eigenvalue weighted by Gasteiger charge is -2.30. The molecule has 1 unspecified atom stereocenters. The molecule has 1 saturated heterocycles. The van der Waals surface area contributed by atoms with Crippen molar-refractivity contribution in [2.75, 3.05) is 33.3 Å². The van der Waals surface area contributed by atoms with E-state index in [1.807, 2.05) is 7.05 Å². The molecule has 1 aromatic carbocycles. The van der Waals surface area contributed by atoms with Gasteiger partial charge in [0, 0.05) is 25.2 Å². The zero-order valence-electron chi connectivity index (χ0n) is 11.0. The first-order chi connectivity index (χ1) is 9.47. The summed E-state index contributed by atoms with van der Waals surface area (Å²) in [5.41, 5.74) is -0.259. The fraction of sp³-hybridized carbons (Fsp3) is 0.462. The van der Waals surface area contributed by atoms with Crippen LogP contribution < -0.4 is 5.32 Å². The number of amides is 1. The monoisotopic (exact) mass is 288 g/mol. The predicted octanol–water partition coefficient (Wildman–Crippen LogP) is 1.16. The fourth-order valence-corrected chi connectivity index (χ4v) is 1.99. The van der Waals surface area contributed by atoms with Crippen molar-refractivity contribution in [2.24, 2.45) is 0 Å². The molecule has 110 valence electrons.